The zero-order chi connectivity index (χ0) is 21.5. The number of hydrogen-bond acceptors (Lipinski definition) is 7. The molecule has 6 atom stereocenters. The first kappa shape index (κ1) is 21.7. The minimum absolute atomic E-state index is 0.0197. The van der Waals surface area contributed by atoms with Crippen molar-refractivity contribution < 1.29 is 43.1 Å². The highest BCUT2D eigenvalue weighted by atomic mass is 19.4. The van der Waals surface area contributed by atoms with Crippen LogP contribution in [0.2, 0.25) is 0 Å². The molecule has 2 amide bonds. The maximum absolute atomic E-state index is 13.0. The van der Waals surface area contributed by atoms with Crippen molar-refractivity contribution >= 4 is 11.8 Å². The summed E-state index contributed by atoms with van der Waals surface area (Å²) in [4.78, 5) is 18.5. The molecule has 2 fully saturated rings. The molecule has 162 valence electrons. The van der Waals surface area contributed by atoms with Crippen LogP contribution in [-0.4, -0.2) is 87.2 Å². The summed E-state index contributed by atoms with van der Waals surface area (Å²) < 4.78 is 44.8. The summed E-state index contributed by atoms with van der Waals surface area (Å²) in [5.41, 5.74) is -0.986. The van der Waals surface area contributed by atoms with Gasteiger partial charge in [-0.05, 0) is 18.6 Å². The van der Waals surface area contributed by atoms with E-state index < -0.39 is 60.9 Å². The Morgan fingerprint density at radius 3 is 2.55 bits per heavy atom. The van der Waals surface area contributed by atoms with Gasteiger partial charge in [-0.3, -0.25) is 0 Å². The second-order valence-corrected chi connectivity index (χ2v) is 7.21. The number of halogens is 3. The number of pyridine rings is 1. The maximum atomic E-state index is 13.0. The molecule has 9 nitrogen and oxygen atoms in total. The number of nitrogens with zero attached hydrogens (tertiary/aromatic N) is 3. The first-order chi connectivity index (χ1) is 13.5. The van der Waals surface area contributed by atoms with Crippen LogP contribution in [0, 0.1) is 5.92 Å². The van der Waals surface area contributed by atoms with Crippen molar-refractivity contribution in [2.45, 2.75) is 43.2 Å². The van der Waals surface area contributed by atoms with Gasteiger partial charge < -0.3 is 30.1 Å². The predicted octanol–water partition coefficient (Wildman–Crippen LogP) is -0.222. The Balaban J connectivity index is 1.86. The Hall–Kier alpha value is -1.99. The van der Waals surface area contributed by atoms with Crippen molar-refractivity contribution in [2.24, 2.45) is 5.92 Å². The van der Waals surface area contributed by atoms with Crippen molar-refractivity contribution in [3.8, 4) is 0 Å². The van der Waals surface area contributed by atoms with Crippen LogP contribution in [0.15, 0.2) is 18.3 Å². The fraction of sp³-hybridized carbons (Fsp3) is 0.647. The molecule has 1 aromatic rings. The average molecular weight is 421 g/mol. The number of alkyl halides is 3. The topological polar surface area (TPSA) is 127 Å². The lowest BCUT2D eigenvalue weighted by atomic mass is 9.81. The molecule has 2 heterocycles. The predicted molar refractivity (Wildman–Crippen MR) is 91.6 cm³/mol. The third-order valence-electron chi connectivity index (χ3n) is 5.24. The van der Waals surface area contributed by atoms with Crippen LogP contribution in [0.3, 0.4) is 0 Å². The van der Waals surface area contributed by atoms with Gasteiger partial charge in [-0.1, -0.05) is 0 Å². The van der Waals surface area contributed by atoms with Crippen LogP contribution >= 0.6 is 0 Å². The molecule has 2 aliphatic rings. The van der Waals surface area contributed by atoms with Crippen molar-refractivity contribution in [1.29, 1.82) is 0 Å². The van der Waals surface area contributed by atoms with Gasteiger partial charge in [0.05, 0.1) is 24.3 Å². The number of rotatable bonds is 4. The molecule has 1 aromatic heterocycles. The van der Waals surface area contributed by atoms with Crippen LogP contribution < -0.4 is 4.90 Å². The van der Waals surface area contributed by atoms with Crippen LogP contribution in [0.5, 0.6) is 0 Å². The molecule has 1 saturated carbocycles. The van der Waals surface area contributed by atoms with Gasteiger partial charge in [0, 0.05) is 25.8 Å². The summed E-state index contributed by atoms with van der Waals surface area (Å²) in [6.45, 7) is -0.490. The van der Waals surface area contributed by atoms with E-state index in [1.165, 1.54) is 11.9 Å². The monoisotopic (exact) mass is 421 g/mol. The number of hydrogen-bond donors (Lipinski definition) is 4. The molecule has 0 aromatic carbocycles. The molecule has 0 spiro atoms. The molecular formula is C17H22F3N3O6. The molecule has 0 unspecified atom stereocenters. The summed E-state index contributed by atoms with van der Waals surface area (Å²) >= 11 is 0. The van der Waals surface area contributed by atoms with Crippen LogP contribution in [-0.2, 0) is 10.9 Å². The highest BCUT2D eigenvalue weighted by Gasteiger charge is 2.47. The van der Waals surface area contributed by atoms with E-state index in [1.807, 2.05) is 0 Å². The van der Waals surface area contributed by atoms with Gasteiger partial charge in [0.2, 0.25) is 0 Å². The quantitative estimate of drug-likeness (QED) is 0.529. The Labute approximate surface area is 163 Å². The molecular weight excluding hydrogens is 399 g/mol. The molecule has 1 aliphatic heterocycles. The van der Waals surface area contributed by atoms with Gasteiger partial charge in [0.15, 0.2) is 6.23 Å². The van der Waals surface area contributed by atoms with Crippen molar-refractivity contribution in [3.05, 3.63) is 23.9 Å². The number of carbonyl (C=O) groups is 1. The van der Waals surface area contributed by atoms with Crippen molar-refractivity contribution in [1.82, 2.24) is 9.88 Å². The zero-order valence-corrected chi connectivity index (χ0v) is 15.4. The van der Waals surface area contributed by atoms with E-state index in [2.05, 4.69) is 4.98 Å². The van der Waals surface area contributed by atoms with Gasteiger partial charge >= 0.3 is 12.2 Å². The van der Waals surface area contributed by atoms with E-state index in [0.717, 1.165) is 23.2 Å². The molecule has 1 saturated heterocycles. The number of ether oxygens (including phenoxy) is 1. The lowest BCUT2D eigenvalue weighted by Gasteiger charge is -2.41. The van der Waals surface area contributed by atoms with Gasteiger partial charge in [-0.15, -0.1) is 0 Å². The SMILES string of the molecule is CN1C[C@@H](O[C@@H]2C[C@H](CO)[C@@H](O)[C@H](O)[C@H]2O)N(c2cc(C(F)(F)F)ccn2)C1=O. The van der Waals surface area contributed by atoms with E-state index in [-0.39, 0.29) is 18.8 Å². The molecule has 3 rings (SSSR count). The number of aliphatic hydroxyl groups excluding tert-OH is 4. The largest absolute Gasteiger partial charge is 0.416 e. The summed E-state index contributed by atoms with van der Waals surface area (Å²) in [6.07, 6.45) is -10.3. The summed E-state index contributed by atoms with van der Waals surface area (Å²) in [5, 5.41) is 39.5. The van der Waals surface area contributed by atoms with Crippen LogP contribution in [0.4, 0.5) is 23.8 Å². The third-order valence-corrected chi connectivity index (χ3v) is 5.24. The Bertz CT molecular complexity index is 749. The molecule has 12 heteroatoms. The average Bonchev–Trinajstić information content (AvgIpc) is 2.95. The number of aliphatic hydroxyl groups is 4. The first-order valence-electron chi connectivity index (χ1n) is 8.92. The highest BCUT2D eigenvalue weighted by Crippen LogP contribution is 2.34. The van der Waals surface area contributed by atoms with Crippen molar-refractivity contribution in [3.63, 3.8) is 0 Å². The zero-order valence-electron chi connectivity index (χ0n) is 15.4. The Kier molecular flexibility index (Phi) is 6.01. The van der Waals surface area contributed by atoms with E-state index in [4.69, 9.17) is 4.74 Å². The Morgan fingerprint density at radius 2 is 1.93 bits per heavy atom. The number of amides is 2. The van der Waals surface area contributed by atoms with E-state index in [9.17, 15) is 38.4 Å². The van der Waals surface area contributed by atoms with Gasteiger partial charge in [-0.2, -0.15) is 13.2 Å². The number of carbonyl (C=O) groups excluding carboxylic acids is 1. The fourth-order valence-electron chi connectivity index (χ4n) is 3.58. The first-order valence-corrected chi connectivity index (χ1v) is 8.92. The lowest BCUT2D eigenvalue weighted by Crippen LogP contribution is -2.56. The summed E-state index contributed by atoms with van der Waals surface area (Å²) in [7, 11) is 1.43. The minimum atomic E-state index is -4.63. The van der Waals surface area contributed by atoms with Crippen LogP contribution in [0.25, 0.3) is 0 Å². The molecule has 0 bridgehead atoms. The van der Waals surface area contributed by atoms with Crippen LogP contribution in [0.1, 0.15) is 12.0 Å². The standard InChI is InChI=1S/C17H22F3N3O6/c1-22-6-12(29-10-4-8(7-24)13(25)15(27)14(10)26)23(16(22)28)11-5-9(2-3-21-11)17(18,19)20/h2-3,5,8,10,12-15,24-27H,4,6-7H2,1H3/t8-,10-,12-,13-,14+,15+/m1/s1. The van der Waals surface area contributed by atoms with E-state index in [0.29, 0.717) is 0 Å². The third kappa shape index (κ3) is 4.16. The molecule has 0 radical (unpaired) electrons. The summed E-state index contributed by atoms with van der Waals surface area (Å²) in [6, 6.07) is 0.851. The van der Waals surface area contributed by atoms with Crippen molar-refractivity contribution in [2.75, 3.05) is 25.1 Å². The second-order valence-electron chi connectivity index (χ2n) is 7.21. The van der Waals surface area contributed by atoms with E-state index in [1.54, 1.807) is 0 Å². The second kappa shape index (κ2) is 8.03. The lowest BCUT2D eigenvalue weighted by molar-refractivity contribution is -0.188. The summed E-state index contributed by atoms with van der Waals surface area (Å²) in [5.74, 6) is -1.04. The fourth-order valence-corrected chi connectivity index (χ4v) is 3.58. The van der Waals surface area contributed by atoms with Gasteiger partial charge in [-0.25, -0.2) is 14.7 Å². The number of urea groups is 1. The molecule has 4 N–H and O–H groups in total. The number of likely N-dealkylation sites (N-methyl/N-ethyl adjacent to an activating group) is 1. The smallest absolute Gasteiger partial charge is 0.396 e. The number of anilines is 1. The normalized spacial score (nSPS) is 33.4. The minimum Gasteiger partial charge on any atom is -0.396 e. The Morgan fingerprint density at radius 1 is 1.24 bits per heavy atom. The number of aromatic nitrogens is 1. The molecule has 29 heavy (non-hydrogen) atoms. The van der Waals surface area contributed by atoms with Gasteiger partial charge in [0.1, 0.15) is 18.0 Å². The maximum Gasteiger partial charge on any atom is 0.416 e. The molecule has 1 aliphatic carbocycles. The highest BCUT2D eigenvalue weighted by molar-refractivity contribution is 5.93. The van der Waals surface area contributed by atoms with E-state index >= 15 is 0 Å². The van der Waals surface area contributed by atoms with Gasteiger partial charge in [0.25, 0.3) is 0 Å².